The van der Waals surface area contributed by atoms with Gasteiger partial charge < -0.3 is 10.5 Å². The number of hydrogen-bond donors (Lipinski definition) is 1. The van der Waals surface area contributed by atoms with Gasteiger partial charge in [-0.25, -0.2) is 0 Å². The molecule has 0 aliphatic carbocycles. The molecule has 1 aromatic heterocycles. The summed E-state index contributed by atoms with van der Waals surface area (Å²) < 4.78 is 5.14. The molecule has 78 valence electrons. The Morgan fingerprint density at radius 1 is 1.40 bits per heavy atom. The maximum absolute atomic E-state index is 5.48. The van der Waals surface area contributed by atoms with Gasteiger partial charge in [-0.15, -0.1) is 10.2 Å². The van der Waals surface area contributed by atoms with Gasteiger partial charge in [-0.2, -0.15) is 0 Å². The van der Waals surface area contributed by atoms with Crippen molar-refractivity contribution >= 4 is 11.3 Å². The average molecular weight is 221 g/mol. The molecular weight excluding hydrogens is 210 g/mol. The fraction of sp³-hybridized carbons (Fsp3) is 0.200. The quantitative estimate of drug-likeness (QED) is 0.856. The summed E-state index contributed by atoms with van der Waals surface area (Å²) in [5.74, 6) is 0.817. The number of hydrogen-bond acceptors (Lipinski definition) is 5. The summed E-state index contributed by atoms with van der Waals surface area (Å²) in [6, 6.07) is 7.73. The van der Waals surface area contributed by atoms with Crippen LogP contribution < -0.4 is 10.5 Å². The van der Waals surface area contributed by atoms with E-state index < -0.39 is 0 Å². The summed E-state index contributed by atoms with van der Waals surface area (Å²) in [5.41, 5.74) is 6.49. The van der Waals surface area contributed by atoms with Crippen molar-refractivity contribution in [3.8, 4) is 16.3 Å². The zero-order valence-electron chi connectivity index (χ0n) is 8.30. The Balaban J connectivity index is 2.35. The van der Waals surface area contributed by atoms with Gasteiger partial charge in [0.2, 0.25) is 0 Å². The minimum absolute atomic E-state index is 0.432. The van der Waals surface area contributed by atoms with Crippen molar-refractivity contribution in [1.82, 2.24) is 10.2 Å². The number of aromatic nitrogens is 2. The molecular formula is C10H11N3OS. The summed E-state index contributed by atoms with van der Waals surface area (Å²) in [7, 11) is 1.64. The van der Waals surface area contributed by atoms with Gasteiger partial charge in [-0.1, -0.05) is 23.5 Å². The fourth-order valence-electron chi connectivity index (χ4n) is 1.21. The first-order chi connectivity index (χ1) is 7.33. The van der Waals surface area contributed by atoms with Gasteiger partial charge in [-0.05, 0) is 12.1 Å². The monoisotopic (exact) mass is 221 g/mol. The fourth-order valence-corrected chi connectivity index (χ4v) is 1.92. The lowest BCUT2D eigenvalue weighted by Crippen LogP contribution is -1.94. The third-order valence-corrected chi connectivity index (χ3v) is 2.95. The second-order valence-electron chi connectivity index (χ2n) is 2.94. The van der Waals surface area contributed by atoms with Gasteiger partial charge in [-0.3, -0.25) is 0 Å². The van der Waals surface area contributed by atoms with Crippen LogP contribution in [0.3, 0.4) is 0 Å². The summed E-state index contributed by atoms with van der Waals surface area (Å²) in [4.78, 5) is 0. The van der Waals surface area contributed by atoms with Crippen molar-refractivity contribution in [2.45, 2.75) is 6.54 Å². The Labute approximate surface area is 91.7 Å². The van der Waals surface area contributed by atoms with E-state index in [1.54, 1.807) is 7.11 Å². The van der Waals surface area contributed by atoms with Crippen LogP contribution in [-0.4, -0.2) is 17.3 Å². The molecule has 0 aliphatic heterocycles. The summed E-state index contributed by atoms with van der Waals surface area (Å²) in [6.45, 7) is 0.432. The van der Waals surface area contributed by atoms with E-state index in [9.17, 15) is 0 Å². The molecule has 0 spiro atoms. The topological polar surface area (TPSA) is 61.0 Å². The number of rotatable bonds is 3. The molecule has 5 heteroatoms. The summed E-state index contributed by atoms with van der Waals surface area (Å²) in [6.07, 6.45) is 0. The smallest absolute Gasteiger partial charge is 0.147 e. The highest BCUT2D eigenvalue weighted by atomic mass is 32.1. The maximum Gasteiger partial charge on any atom is 0.147 e. The third-order valence-electron chi connectivity index (χ3n) is 1.96. The Morgan fingerprint density at radius 3 is 2.93 bits per heavy atom. The Kier molecular flexibility index (Phi) is 2.94. The third kappa shape index (κ3) is 2.14. The van der Waals surface area contributed by atoms with Gasteiger partial charge in [0.15, 0.2) is 0 Å². The largest absolute Gasteiger partial charge is 0.497 e. The van der Waals surface area contributed by atoms with E-state index in [2.05, 4.69) is 10.2 Å². The number of ether oxygens (including phenoxy) is 1. The van der Waals surface area contributed by atoms with E-state index in [0.29, 0.717) is 6.54 Å². The minimum atomic E-state index is 0.432. The van der Waals surface area contributed by atoms with E-state index in [1.165, 1.54) is 11.3 Å². The molecule has 0 atom stereocenters. The highest BCUT2D eigenvalue weighted by molar-refractivity contribution is 7.14. The zero-order chi connectivity index (χ0) is 10.7. The average Bonchev–Trinajstić information content (AvgIpc) is 2.78. The molecule has 4 nitrogen and oxygen atoms in total. The molecule has 2 rings (SSSR count). The lowest BCUT2D eigenvalue weighted by Gasteiger charge is -2.00. The van der Waals surface area contributed by atoms with Gasteiger partial charge in [0.05, 0.1) is 7.11 Å². The Hall–Kier alpha value is -1.46. The van der Waals surface area contributed by atoms with Crippen LogP contribution in [0.1, 0.15) is 5.01 Å². The zero-order valence-corrected chi connectivity index (χ0v) is 9.12. The number of methoxy groups -OCH3 is 1. The first-order valence-corrected chi connectivity index (χ1v) is 5.32. The van der Waals surface area contributed by atoms with Crippen LogP contribution in [0.5, 0.6) is 5.75 Å². The second kappa shape index (κ2) is 4.37. The van der Waals surface area contributed by atoms with Gasteiger partial charge in [0, 0.05) is 12.1 Å². The highest BCUT2D eigenvalue weighted by Gasteiger charge is 2.05. The normalized spacial score (nSPS) is 10.3. The molecule has 0 unspecified atom stereocenters. The summed E-state index contributed by atoms with van der Waals surface area (Å²) in [5, 5.41) is 9.75. The van der Waals surface area contributed by atoms with E-state index in [0.717, 1.165) is 21.3 Å². The van der Waals surface area contributed by atoms with Crippen LogP contribution in [0.15, 0.2) is 24.3 Å². The van der Waals surface area contributed by atoms with Crippen LogP contribution in [0.4, 0.5) is 0 Å². The van der Waals surface area contributed by atoms with E-state index in [1.807, 2.05) is 24.3 Å². The van der Waals surface area contributed by atoms with Crippen molar-refractivity contribution in [2.24, 2.45) is 5.73 Å². The van der Waals surface area contributed by atoms with Crippen molar-refractivity contribution in [3.63, 3.8) is 0 Å². The molecule has 0 bridgehead atoms. The van der Waals surface area contributed by atoms with Crippen LogP contribution in [0.25, 0.3) is 10.6 Å². The molecule has 0 fully saturated rings. The lowest BCUT2D eigenvalue weighted by molar-refractivity contribution is 0.415. The van der Waals surface area contributed by atoms with Crippen molar-refractivity contribution in [2.75, 3.05) is 7.11 Å². The summed E-state index contributed by atoms with van der Waals surface area (Å²) >= 11 is 1.50. The molecule has 0 saturated carbocycles. The van der Waals surface area contributed by atoms with Crippen LogP contribution in [0.2, 0.25) is 0 Å². The van der Waals surface area contributed by atoms with Gasteiger partial charge in [0.1, 0.15) is 15.8 Å². The standard InChI is InChI=1S/C10H11N3OS/c1-14-8-4-2-3-7(5-8)10-13-12-9(6-11)15-10/h2-5H,6,11H2,1H3. The molecule has 0 aliphatic rings. The Morgan fingerprint density at radius 2 is 2.27 bits per heavy atom. The molecule has 0 radical (unpaired) electrons. The van der Waals surface area contributed by atoms with Crippen molar-refractivity contribution < 1.29 is 4.74 Å². The van der Waals surface area contributed by atoms with Crippen LogP contribution >= 0.6 is 11.3 Å². The minimum Gasteiger partial charge on any atom is -0.497 e. The van der Waals surface area contributed by atoms with E-state index in [-0.39, 0.29) is 0 Å². The molecule has 15 heavy (non-hydrogen) atoms. The van der Waals surface area contributed by atoms with Crippen molar-refractivity contribution in [3.05, 3.63) is 29.3 Å². The molecule has 0 amide bonds. The van der Waals surface area contributed by atoms with Crippen LogP contribution in [-0.2, 0) is 6.54 Å². The number of nitrogens with two attached hydrogens (primary N) is 1. The molecule has 2 N–H and O–H groups in total. The SMILES string of the molecule is COc1cccc(-c2nnc(CN)s2)c1. The first-order valence-electron chi connectivity index (χ1n) is 4.50. The highest BCUT2D eigenvalue weighted by Crippen LogP contribution is 2.26. The second-order valence-corrected chi connectivity index (χ2v) is 4.00. The predicted molar refractivity (Wildman–Crippen MR) is 59.8 cm³/mol. The predicted octanol–water partition coefficient (Wildman–Crippen LogP) is 1.67. The molecule has 1 heterocycles. The number of benzene rings is 1. The maximum atomic E-state index is 5.48. The lowest BCUT2D eigenvalue weighted by atomic mass is 10.2. The van der Waals surface area contributed by atoms with Gasteiger partial charge >= 0.3 is 0 Å². The van der Waals surface area contributed by atoms with E-state index >= 15 is 0 Å². The van der Waals surface area contributed by atoms with E-state index in [4.69, 9.17) is 10.5 Å². The van der Waals surface area contributed by atoms with Crippen LogP contribution in [0, 0.1) is 0 Å². The number of nitrogens with zero attached hydrogens (tertiary/aromatic N) is 2. The van der Waals surface area contributed by atoms with Gasteiger partial charge in [0.25, 0.3) is 0 Å². The van der Waals surface area contributed by atoms with Crippen molar-refractivity contribution in [1.29, 1.82) is 0 Å². The molecule has 0 saturated heterocycles. The molecule has 1 aromatic carbocycles. The Bertz CT molecular complexity index is 455. The first kappa shape index (κ1) is 10.1. The molecule has 2 aromatic rings.